The zero-order chi connectivity index (χ0) is 18.8. The van der Waals surface area contributed by atoms with Crippen molar-refractivity contribution in [1.29, 1.82) is 0 Å². The summed E-state index contributed by atoms with van der Waals surface area (Å²) in [6.07, 6.45) is 0. The van der Waals surface area contributed by atoms with Crippen molar-refractivity contribution in [3.8, 4) is 5.75 Å². The van der Waals surface area contributed by atoms with Gasteiger partial charge in [-0.25, -0.2) is 8.42 Å². The predicted molar refractivity (Wildman–Crippen MR) is 93.8 cm³/mol. The van der Waals surface area contributed by atoms with Crippen molar-refractivity contribution in [2.24, 2.45) is 0 Å². The van der Waals surface area contributed by atoms with E-state index in [1.165, 1.54) is 18.2 Å². The molecule has 4 nitrogen and oxygen atoms in total. The summed E-state index contributed by atoms with van der Waals surface area (Å²) < 4.78 is 56.3. The summed E-state index contributed by atoms with van der Waals surface area (Å²) >= 11 is 0. The third kappa shape index (κ3) is 4.92. The second-order valence-electron chi connectivity index (χ2n) is 6.74. The highest BCUT2D eigenvalue weighted by Crippen LogP contribution is 2.27. The molecule has 0 bridgehead atoms. The molecule has 1 N–H and O–H groups in total. The molecular formula is C18H21F2NO3S. The van der Waals surface area contributed by atoms with Gasteiger partial charge in [-0.2, -0.15) is 8.78 Å². The molecule has 0 aliphatic carbocycles. The number of sulfonamides is 1. The number of nitrogens with one attached hydrogen (secondary N) is 1. The zero-order valence-corrected chi connectivity index (χ0v) is 15.3. The van der Waals surface area contributed by atoms with Crippen molar-refractivity contribution in [2.75, 3.05) is 4.72 Å². The molecule has 136 valence electrons. The molecule has 2 aromatic carbocycles. The molecule has 0 saturated carbocycles. The van der Waals surface area contributed by atoms with Crippen LogP contribution in [0.5, 0.6) is 5.75 Å². The van der Waals surface area contributed by atoms with Crippen molar-refractivity contribution in [2.45, 2.75) is 44.6 Å². The summed E-state index contributed by atoms with van der Waals surface area (Å²) in [5.74, 6) is -0.0232. The largest absolute Gasteiger partial charge is 0.435 e. The van der Waals surface area contributed by atoms with E-state index in [2.05, 4.69) is 9.46 Å². The molecule has 0 aromatic heterocycles. The topological polar surface area (TPSA) is 55.4 Å². The smallest absolute Gasteiger partial charge is 0.387 e. The Bertz CT molecular complexity index is 842. The highest BCUT2D eigenvalue weighted by Gasteiger charge is 2.18. The second kappa shape index (κ2) is 7.00. The van der Waals surface area contributed by atoms with E-state index in [9.17, 15) is 17.2 Å². The Morgan fingerprint density at radius 1 is 1.04 bits per heavy atom. The van der Waals surface area contributed by atoms with E-state index in [4.69, 9.17) is 0 Å². The summed E-state index contributed by atoms with van der Waals surface area (Å²) in [6, 6.07) is 10.7. The molecule has 0 spiro atoms. The summed E-state index contributed by atoms with van der Waals surface area (Å²) in [5.41, 5.74) is 1.73. The van der Waals surface area contributed by atoms with E-state index in [0.29, 0.717) is 11.3 Å². The molecule has 2 aromatic rings. The van der Waals surface area contributed by atoms with Crippen LogP contribution in [0, 0.1) is 6.92 Å². The average Bonchev–Trinajstić information content (AvgIpc) is 2.49. The van der Waals surface area contributed by atoms with E-state index in [1.54, 1.807) is 31.2 Å². The van der Waals surface area contributed by atoms with Crippen LogP contribution < -0.4 is 9.46 Å². The van der Waals surface area contributed by atoms with Gasteiger partial charge in [-0.3, -0.25) is 4.72 Å². The van der Waals surface area contributed by atoms with Gasteiger partial charge in [0.1, 0.15) is 5.75 Å². The first kappa shape index (κ1) is 19.2. The van der Waals surface area contributed by atoms with Crippen LogP contribution in [0.4, 0.5) is 14.5 Å². The Morgan fingerprint density at radius 3 is 2.12 bits per heavy atom. The molecule has 7 heteroatoms. The lowest BCUT2D eigenvalue weighted by molar-refractivity contribution is -0.0498. The van der Waals surface area contributed by atoms with Crippen LogP contribution in [0.3, 0.4) is 0 Å². The second-order valence-corrected chi connectivity index (χ2v) is 8.42. The minimum absolute atomic E-state index is 0.0232. The Kier molecular flexibility index (Phi) is 5.37. The van der Waals surface area contributed by atoms with Gasteiger partial charge in [-0.1, -0.05) is 32.9 Å². The number of hydrogen-bond donors (Lipinski definition) is 1. The van der Waals surface area contributed by atoms with Crippen molar-refractivity contribution in [3.63, 3.8) is 0 Å². The molecule has 2 rings (SSSR count). The number of aryl methyl sites for hydroxylation is 1. The van der Waals surface area contributed by atoms with Gasteiger partial charge in [-0.15, -0.1) is 0 Å². The van der Waals surface area contributed by atoms with Crippen LogP contribution in [0.25, 0.3) is 0 Å². The number of rotatable bonds is 5. The van der Waals surface area contributed by atoms with Crippen LogP contribution in [0.1, 0.15) is 31.9 Å². The number of anilines is 1. The Hall–Kier alpha value is -2.15. The van der Waals surface area contributed by atoms with Gasteiger partial charge >= 0.3 is 6.61 Å². The normalized spacial score (nSPS) is 12.3. The number of ether oxygens (including phenoxy) is 1. The first-order chi connectivity index (χ1) is 11.5. The van der Waals surface area contributed by atoms with Crippen molar-refractivity contribution in [3.05, 3.63) is 53.6 Å². The first-order valence-corrected chi connectivity index (χ1v) is 9.16. The highest BCUT2D eigenvalue weighted by atomic mass is 32.2. The minimum atomic E-state index is -3.77. The fourth-order valence-electron chi connectivity index (χ4n) is 2.26. The van der Waals surface area contributed by atoms with Gasteiger partial charge < -0.3 is 4.74 Å². The molecule has 0 unspecified atom stereocenters. The number of alkyl halides is 2. The van der Waals surface area contributed by atoms with Crippen LogP contribution >= 0.6 is 0 Å². The lowest BCUT2D eigenvalue weighted by atomic mass is 9.87. The highest BCUT2D eigenvalue weighted by molar-refractivity contribution is 7.92. The average molecular weight is 369 g/mol. The third-order valence-corrected chi connectivity index (χ3v) is 5.08. The molecule has 0 aliphatic rings. The van der Waals surface area contributed by atoms with Crippen molar-refractivity contribution < 1.29 is 21.9 Å². The van der Waals surface area contributed by atoms with E-state index in [0.717, 1.165) is 5.56 Å². The Labute approximate surface area is 146 Å². The van der Waals surface area contributed by atoms with Crippen molar-refractivity contribution >= 4 is 15.7 Å². The zero-order valence-electron chi connectivity index (χ0n) is 14.5. The third-order valence-electron chi connectivity index (χ3n) is 3.70. The molecule has 0 heterocycles. The molecule has 0 radical (unpaired) electrons. The van der Waals surface area contributed by atoms with Crippen molar-refractivity contribution in [1.82, 2.24) is 0 Å². The summed E-state index contributed by atoms with van der Waals surface area (Å²) in [4.78, 5) is 0.132. The SMILES string of the molecule is Cc1cc(OC(F)F)ccc1NS(=O)(=O)c1ccc(C(C)(C)C)cc1. The van der Waals surface area contributed by atoms with E-state index >= 15 is 0 Å². The van der Waals surface area contributed by atoms with Gasteiger partial charge in [0.15, 0.2) is 0 Å². The van der Waals surface area contributed by atoms with E-state index in [-0.39, 0.29) is 16.1 Å². The number of halogens is 2. The number of benzene rings is 2. The monoisotopic (exact) mass is 369 g/mol. The maximum Gasteiger partial charge on any atom is 0.387 e. The fraction of sp³-hybridized carbons (Fsp3) is 0.333. The first-order valence-electron chi connectivity index (χ1n) is 7.68. The van der Waals surface area contributed by atoms with Gasteiger partial charge in [0.25, 0.3) is 10.0 Å². The molecule has 25 heavy (non-hydrogen) atoms. The number of hydrogen-bond acceptors (Lipinski definition) is 3. The summed E-state index contributed by atoms with van der Waals surface area (Å²) in [7, 11) is -3.77. The van der Waals surface area contributed by atoms with Gasteiger partial charge in [0.05, 0.1) is 10.6 Å². The lowest BCUT2D eigenvalue weighted by Gasteiger charge is -2.19. The summed E-state index contributed by atoms with van der Waals surface area (Å²) in [6.45, 7) is 4.81. The Morgan fingerprint density at radius 2 is 1.64 bits per heavy atom. The quantitative estimate of drug-likeness (QED) is 0.831. The predicted octanol–water partition coefficient (Wildman–Crippen LogP) is 4.69. The maximum absolute atomic E-state index is 12.5. The van der Waals surface area contributed by atoms with Crippen LogP contribution in [0.2, 0.25) is 0 Å². The van der Waals surface area contributed by atoms with Gasteiger partial charge in [0, 0.05) is 0 Å². The van der Waals surface area contributed by atoms with Crippen LogP contribution in [-0.2, 0) is 15.4 Å². The van der Waals surface area contributed by atoms with Gasteiger partial charge in [0.2, 0.25) is 0 Å². The minimum Gasteiger partial charge on any atom is -0.435 e. The maximum atomic E-state index is 12.5. The molecule has 0 atom stereocenters. The molecule has 0 saturated heterocycles. The van der Waals surface area contributed by atoms with Crippen LogP contribution in [-0.4, -0.2) is 15.0 Å². The molecular weight excluding hydrogens is 348 g/mol. The molecule has 0 amide bonds. The van der Waals surface area contributed by atoms with E-state index in [1.807, 2.05) is 20.8 Å². The lowest BCUT2D eigenvalue weighted by Crippen LogP contribution is -2.15. The summed E-state index contributed by atoms with van der Waals surface area (Å²) in [5, 5.41) is 0. The van der Waals surface area contributed by atoms with Gasteiger partial charge in [-0.05, 0) is 53.8 Å². The molecule has 0 aliphatic heterocycles. The van der Waals surface area contributed by atoms with E-state index < -0.39 is 16.6 Å². The standard InChI is InChI=1S/C18H21F2NO3S/c1-12-11-14(24-17(19)20)7-10-16(12)21-25(22,23)15-8-5-13(6-9-15)18(2,3)4/h5-11,17,21H,1-4H3. The van der Waals surface area contributed by atoms with Crippen LogP contribution in [0.15, 0.2) is 47.4 Å². The fourth-order valence-corrected chi connectivity index (χ4v) is 3.40. The Balaban J connectivity index is 2.24. The molecule has 0 fully saturated rings.